The summed E-state index contributed by atoms with van der Waals surface area (Å²) in [6.45, 7) is 1.95. The smallest absolute Gasteiger partial charge is 0.218 e. The lowest BCUT2D eigenvalue weighted by Gasteiger charge is -1.99. The van der Waals surface area contributed by atoms with Crippen LogP contribution in [0.1, 0.15) is 11.1 Å². The zero-order valence-electron chi connectivity index (χ0n) is 13.6. The van der Waals surface area contributed by atoms with Crippen molar-refractivity contribution in [2.75, 3.05) is 0 Å². The van der Waals surface area contributed by atoms with Gasteiger partial charge in [-0.05, 0) is 6.07 Å². The van der Waals surface area contributed by atoms with E-state index in [1.54, 1.807) is 0 Å². The summed E-state index contributed by atoms with van der Waals surface area (Å²) >= 11 is 0. The van der Waals surface area contributed by atoms with E-state index in [2.05, 4.69) is 80.5 Å². The molecule has 2 aliphatic heterocycles. The molecule has 0 bridgehead atoms. The highest BCUT2D eigenvalue weighted by atomic mass is 15.1. The van der Waals surface area contributed by atoms with E-state index in [1.165, 1.54) is 49.8 Å². The highest BCUT2D eigenvalue weighted by Crippen LogP contribution is 2.39. The Morgan fingerprint density at radius 2 is 1.72 bits per heavy atom. The predicted molar refractivity (Wildman–Crippen MR) is 96.4 cm³/mol. The van der Waals surface area contributed by atoms with E-state index >= 15 is 0 Å². The first-order chi connectivity index (χ1) is 12.4. The summed E-state index contributed by atoms with van der Waals surface area (Å²) in [5, 5.41) is 2.91. The lowest BCUT2D eigenvalue weighted by molar-refractivity contribution is -0.660. The SMILES string of the molecule is c1ccc(-c2c[n+]3c4ccc[n+]5c4c4c(ccc6c4c3n2C6)C5)cc1. The third-order valence-electron chi connectivity index (χ3n) is 5.91. The maximum Gasteiger partial charge on any atom is 0.296 e. The van der Waals surface area contributed by atoms with Crippen molar-refractivity contribution in [3.05, 3.63) is 78.1 Å². The molecule has 2 aliphatic rings. The van der Waals surface area contributed by atoms with Gasteiger partial charge in [-0.25, -0.2) is 4.57 Å². The van der Waals surface area contributed by atoms with Crippen LogP contribution in [0.4, 0.5) is 0 Å². The molecule has 0 aliphatic carbocycles. The van der Waals surface area contributed by atoms with Gasteiger partial charge < -0.3 is 0 Å². The molecule has 3 aromatic heterocycles. The van der Waals surface area contributed by atoms with Gasteiger partial charge in [-0.2, -0.15) is 8.97 Å². The summed E-state index contributed by atoms with van der Waals surface area (Å²) in [5.41, 5.74) is 9.50. The fraction of sp³-hybridized carbons (Fsp3) is 0.0909. The monoisotopic (exact) mass is 321 g/mol. The minimum Gasteiger partial charge on any atom is -0.218 e. The van der Waals surface area contributed by atoms with Crippen molar-refractivity contribution in [3.8, 4) is 11.3 Å². The zero-order valence-corrected chi connectivity index (χ0v) is 13.6. The molecule has 5 heterocycles. The van der Waals surface area contributed by atoms with E-state index < -0.39 is 0 Å². The van der Waals surface area contributed by atoms with E-state index in [1.807, 2.05) is 0 Å². The van der Waals surface area contributed by atoms with Gasteiger partial charge in [-0.3, -0.25) is 0 Å². The summed E-state index contributed by atoms with van der Waals surface area (Å²) in [6, 6.07) is 19.8. The number of hydrogen-bond donors (Lipinski definition) is 0. The number of imidazole rings is 1. The Morgan fingerprint density at radius 3 is 2.64 bits per heavy atom. The maximum absolute atomic E-state index is 2.48. The zero-order chi connectivity index (χ0) is 16.1. The third kappa shape index (κ3) is 1.28. The Hall–Kier alpha value is -3.20. The second-order valence-electron chi connectivity index (χ2n) is 7.16. The molecule has 0 unspecified atom stereocenters. The lowest BCUT2D eigenvalue weighted by atomic mass is 10.0. The van der Waals surface area contributed by atoms with Crippen LogP contribution in [0, 0.1) is 0 Å². The summed E-state index contributed by atoms with van der Waals surface area (Å²) in [7, 11) is 0. The summed E-state index contributed by atoms with van der Waals surface area (Å²) in [6.07, 6.45) is 4.53. The second-order valence-corrected chi connectivity index (χ2v) is 7.16. The van der Waals surface area contributed by atoms with Crippen LogP contribution >= 0.6 is 0 Å². The van der Waals surface area contributed by atoms with Crippen LogP contribution in [0.5, 0.6) is 0 Å². The fourth-order valence-electron chi connectivity index (χ4n) is 4.90. The standard InChI is InChI=1S/C22H15N3/c1-2-5-14(6-3-1)18-13-25-17-7-4-10-23-11-15-8-9-16-12-24(18)22(25)20(16)19(15)21(17)23/h1-10,13H,11-12H2/q+2. The highest BCUT2D eigenvalue weighted by Gasteiger charge is 2.37. The minimum absolute atomic E-state index is 0.961. The molecule has 0 atom stereocenters. The minimum atomic E-state index is 0.961. The van der Waals surface area contributed by atoms with Gasteiger partial charge in [0.1, 0.15) is 12.7 Å². The highest BCUT2D eigenvalue weighted by molar-refractivity contribution is 6.11. The largest absolute Gasteiger partial charge is 0.296 e. The number of aromatic nitrogens is 3. The van der Waals surface area contributed by atoms with Gasteiger partial charge in [0.15, 0.2) is 18.4 Å². The number of pyridine rings is 2. The summed E-state index contributed by atoms with van der Waals surface area (Å²) < 4.78 is 7.29. The molecule has 0 spiro atoms. The first kappa shape index (κ1) is 12.2. The lowest BCUT2D eigenvalue weighted by Crippen LogP contribution is -2.33. The molecule has 3 nitrogen and oxygen atoms in total. The third-order valence-corrected chi connectivity index (χ3v) is 5.91. The number of hydrogen-bond acceptors (Lipinski definition) is 0. The van der Waals surface area contributed by atoms with Crippen molar-refractivity contribution in [1.82, 2.24) is 4.57 Å². The van der Waals surface area contributed by atoms with Crippen molar-refractivity contribution in [2.45, 2.75) is 13.1 Å². The Kier molecular flexibility index (Phi) is 1.90. The Balaban J connectivity index is 1.78. The predicted octanol–water partition coefficient (Wildman–Crippen LogP) is 3.21. The van der Waals surface area contributed by atoms with E-state index in [0.717, 1.165) is 13.1 Å². The average molecular weight is 321 g/mol. The van der Waals surface area contributed by atoms with E-state index in [0.29, 0.717) is 0 Å². The topological polar surface area (TPSA) is 12.9 Å². The van der Waals surface area contributed by atoms with Crippen LogP contribution in [0.15, 0.2) is 67.0 Å². The van der Waals surface area contributed by atoms with Crippen molar-refractivity contribution in [1.29, 1.82) is 0 Å². The molecule has 25 heavy (non-hydrogen) atoms. The van der Waals surface area contributed by atoms with E-state index in [4.69, 9.17) is 0 Å². The quantitative estimate of drug-likeness (QED) is 0.325. The van der Waals surface area contributed by atoms with Crippen LogP contribution in [-0.4, -0.2) is 4.57 Å². The van der Waals surface area contributed by atoms with Gasteiger partial charge in [0.05, 0.1) is 10.8 Å². The normalized spacial score (nSPS) is 14.1. The Labute approximate surface area is 144 Å². The average Bonchev–Trinajstić information content (AvgIpc) is 3.32. The van der Waals surface area contributed by atoms with Gasteiger partial charge in [0.25, 0.3) is 11.2 Å². The van der Waals surface area contributed by atoms with Crippen LogP contribution in [0.3, 0.4) is 0 Å². The molecule has 0 radical (unpaired) electrons. The molecule has 0 fully saturated rings. The van der Waals surface area contributed by atoms with Crippen molar-refractivity contribution < 1.29 is 8.97 Å². The van der Waals surface area contributed by atoms with Gasteiger partial charge >= 0.3 is 0 Å². The van der Waals surface area contributed by atoms with Gasteiger partial charge in [-0.1, -0.05) is 42.5 Å². The van der Waals surface area contributed by atoms with Crippen molar-refractivity contribution >= 4 is 27.5 Å². The Bertz CT molecular complexity index is 1380. The van der Waals surface area contributed by atoms with Crippen LogP contribution in [0.25, 0.3) is 38.7 Å². The second kappa shape index (κ2) is 3.89. The summed E-state index contributed by atoms with van der Waals surface area (Å²) in [5.74, 6) is 0. The molecule has 0 saturated heterocycles. The molecule has 116 valence electrons. The van der Waals surface area contributed by atoms with Crippen LogP contribution in [0.2, 0.25) is 0 Å². The molecule has 3 heteroatoms. The molecule has 0 N–H and O–H groups in total. The van der Waals surface area contributed by atoms with Gasteiger partial charge in [-0.15, -0.1) is 0 Å². The van der Waals surface area contributed by atoms with Crippen LogP contribution < -0.4 is 8.97 Å². The number of nitrogens with zero attached hydrogens (tertiary/aromatic N) is 3. The van der Waals surface area contributed by atoms with E-state index in [-0.39, 0.29) is 0 Å². The fourth-order valence-corrected chi connectivity index (χ4v) is 4.90. The molecule has 0 saturated carbocycles. The molecule has 0 amide bonds. The summed E-state index contributed by atoms with van der Waals surface area (Å²) in [4.78, 5) is 0. The molecular weight excluding hydrogens is 306 g/mol. The number of benzene rings is 2. The Morgan fingerprint density at radius 1 is 0.840 bits per heavy atom. The van der Waals surface area contributed by atoms with Gasteiger partial charge in [0.2, 0.25) is 5.52 Å². The van der Waals surface area contributed by atoms with Crippen molar-refractivity contribution in [3.63, 3.8) is 0 Å². The first-order valence-electron chi connectivity index (χ1n) is 8.79. The molecule has 2 aromatic carbocycles. The van der Waals surface area contributed by atoms with Crippen molar-refractivity contribution in [2.24, 2.45) is 0 Å². The molecular formula is C22H15N3+2. The molecule has 7 rings (SSSR count). The molecule has 5 aromatic rings. The first-order valence-corrected chi connectivity index (χ1v) is 8.79. The van der Waals surface area contributed by atoms with Crippen LogP contribution in [-0.2, 0) is 13.1 Å². The van der Waals surface area contributed by atoms with E-state index in [9.17, 15) is 0 Å². The number of fused-ring (bicyclic) bond motifs is 1. The van der Waals surface area contributed by atoms with Gasteiger partial charge in [0, 0.05) is 22.8 Å². The number of rotatable bonds is 1. The maximum atomic E-state index is 2.48.